The van der Waals surface area contributed by atoms with Crippen molar-refractivity contribution in [2.45, 2.75) is 31.7 Å². The smallest absolute Gasteiger partial charge is 0.234 e. The SMILES string of the molecule is CCN1CC[C@H](c2ccc(-c3ccccc3)cc2)C[C@H]1C(N)=O. The molecule has 1 heterocycles. The predicted molar refractivity (Wildman–Crippen MR) is 94.1 cm³/mol. The van der Waals surface area contributed by atoms with E-state index in [0.29, 0.717) is 5.92 Å². The number of nitrogens with zero attached hydrogens (tertiary/aromatic N) is 1. The fraction of sp³-hybridized carbons (Fsp3) is 0.350. The van der Waals surface area contributed by atoms with Gasteiger partial charge in [-0.3, -0.25) is 9.69 Å². The second-order valence-corrected chi connectivity index (χ2v) is 6.26. The molecular weight excluding hydrogens is 284 g/mol. The fourth-order valence-electron chi connectivity index (χ4n) is 3.57. The maximum absolute atomic E-state index is 11.7. The van der Waals surface area contributed by atoms with Crippen molar-refractivity contribution < 1.29 is 4.79 Å². The maximum atomic E-state index is 11.7. The zero-order chi connectivity index (χ0) is 16.2. The van der Waals surface area contributed by atoms with Crippen LogP contribution in [-0.2, 0) is 4.79 Å². The van der Waals surface area contributed by atoms with Gasteiger partial charge < -0.3 is 5.73 Å². The minimum Gasteiger partial charge on any atom is -0.368 e. The number of likely N-dealkylation sites (N-methyl/N-ethyl adjacent to an activating group) is 1. The lowest BCUT2D eigenvalue weighted by Crippen LogP contribution is -2.49. The second kappa shape index (κ2) is 6.97. The molecule has 3 rings (SSSR count). The summed E-state index contributed by atoms with van der Waals surface area (Å²) in [4.78, 5) is 13.9. The van der Waals surface area contributed by atoms with Crippen molar-refractivity contribution in [1.82, 2.24) is 4.90 Å². The standard InChI is InChI=1S/C20H24N2O/c1-2-22-13-12-18(14-19(22)20(21)23)17-10-8-16(9-11-17)15-6-4-3-5-7-15/h3-11,18-19H,2,12-14H2,1H3,(H2,21,23)/t18-,19-/m0/s1. The Morgan fingerprint density at radius 2 is 1.74 bits per heavy atom. The van der Waals surface area contributed by atoms with Gasteiger partial charge in [-0.1, -0.05) is 61.5 Å². The van der Waals surface area contributed by atoms with Crippen LogP contribution < -0.4 is 5.73 Å². The number of carbonyl (C=O) groups excluding carboxylic acids is 1. The Kier molecular flexibility index (Phi) is 4.77. The molecule has 2 aromatic rings. The molecule has 2 N–H and O–H groups in total. The third-order valence-electron chi connectivity index (χ3n) is 4.94. The van der Waals surface area contributed by atoms with E-state index in [-0.39, 0.29) is 11.9 Å². The highest BCUT2D eigenvalue weighted by molar-refractivity contribution is 5.80. The van der Waals surface area contributed by atoms with Crippen LogP contribution in [0.2, 0.25) is 0 Å². The van der Waals surface area contributed by atoms with Gasteiger partial charge in [0.1, 0.15) is 0 Å². The molecule has 3 heteroatoms. The zero-order valence-electron chi connectivity index (χ0n) is 13.6. The van der Waals surface area contributed by atoms with E-state index in [2.05, 4.69) is 60.4 Å². The maximum Gasteiger partial charge on any atom is 0.234 e. The van der Waals surface area contributed by atoms with Gasteiger partial charge in [-0.2, -0.15) is 0 Å². The highest BCUT2D eigenvalue weighted by Gasteiger charge is 2.31. The molecule has 3 nitrogen and oxygen atoms in total. The zero-order valence-corrected chi connectivity index (χ0v) is 13.6. The van der Waals surface area contributed by atoms with Crippen LogP contribution in [0.1, 0.15) is 31.2 Å². The highest BCUT2D eigenvalue weighted by atomic mass is 16.1. The van der Waals surface area contributed by atoms with E-state index < -0.39 is 0 Å². The van der Waals surface area contributed by atoms with Gasteiger partial charge in [0.05, 0.1) is 6.04 Å². The first-order chi connectivity index (χ1) is 11.2. The van der Waals surface area contributed by atoms with Crippen molar-refractivity contribution in [3.05, 3.63) is 60.2 Å². The molecule has 1 aliphatic rings. The third kappa shape index (κ3) is 3.45. The summed E-state index contributed by atoms with van der Waals surface area (Å²) in [6.45, 7) is 3.91. The van der Waals surface area contributed by atoms with E-state index in [1.165, 1.54) is 16.7 Å². The van der Waals surface area contributed by atoms with Crippen LogP contribution in [0.25, 0.3) is 11.1 Å². The molecule has 1 saturated heterocycles. The Hall–Kier alpha value is -2.13. The Morgan fingerprint density at radius 3 is 2.35 bits per heavy atom. The van der Waals surface area contributed by atoms with Crippen LogP contribution in [0.5, 0.6) is 0 Å². The van der Waals surface area contributed by atoms with Gasteiger partial charge in [0.2, 0.25) is 5.91 Å². The molecule has 0 saturated carbocycles. The van der Waals surface area contributed by atoms with Crippen LogP contribution in [0, 0.1) is 0 Å². The van der Waals surface area contributed by atoms with Gasteiger partial charge in [0, 0.05) is 0 Å². The van der Waals surface area contributed by atoms with E-state index in [1.807, 2.05) is 6.07 Å². The molecule has 0 unspecified atom stereocenters. The number of benzene rings is 2. The summed E-state index contributed by atoms with van der Waals surface area (Å²) in [5.74, 6) is 0.220. The largest absolute Gasteiger partial charge is 0.368 e. The van der Waals surface area contributed by atoms with Crippen molar-refractivity contribution >= 4 is 5.91 Å². The Labute approximate surface area is 138 Å². The molecule has 0 bridgehead atoms. The molecule has 0 spiro atoms. The lowest BCUT2D eigenvalue weighted by Gasteiger charge is -2.37. The summed E-state index contributed by atoms with van der Waals surface area (Å²) in [6, 6.07) is 19.0. The third-order valence-corrected chi connectivity index (χ3v) is 4.94. The number of primary amides is 1. The minimum absolute atomic E-state index is 0.132. The van der Waals surface area contributed by atoms with Crippen LogP contribution in [0.15, 0.2) is 54.6 Å². The second-order valence-electron chi connectivity index (χ2n) is 6.26. The first kappa shape index (κ1) is 15.8. The van der Waals surface area contributed by atoms with Crippen LogP contribution >= 0.6 is 0 Å². The van der Waals surface area contributed by atoms with Gasteiger partial charge in [-0.05, 0) is 48.5 Å². The van der Waals surface area contributed by atoms with Gasteiger partial charge in [-0.25, -0.2) is 0 Å². The topological polar surface area (TPSA) is 46.3 Å². The molecular formula is C20H24N2O. The average molecular weight is 308 g/mol. The lowest BCUT2D eigenvalue weighted by molar-refractivity contribution is -0.124. The lowest BCUT2D eigenvalue weighted by atomic mass is 9.84. The molecule has 1 amide bonds. The number of hydrogen-bond acceptors (Lipinski definition) is 2. The van der Waals surface area contributed by atoms with Crippen LogP contribution in [0.3, 0.4) is 0 Å². The van der Waals surface area contributed by atoms with E-state index in [9.17, 15) is 4.79 Å². The van der Waals surface area contributed by atoms with E-state index >= 15 is 0 Å². The number of piperidine rings is 1. The quantitative estimate of drug-likeness (QED) is 0.941. The number of carbonyl (C=O) groups is 1. The molecule has 2 aromatic carbocycles. The van der Waals surface area contributed by atoms with Crippen molar-refractivity contribution in [3.63, 3.8) is 0 Å². The van der Waals surface area contributed by atoms with E-state index in [1.54, 1.807) is 0 Å². The van der Waals surface area contributed by atoms with Crippen LogP contribution in [-0.4, -0.2) is 29.9 Å². The summed E-state index contributed by atoms with van der Waals surface area (Å²) in [7, 11) is 0. The fourth-order valence-corrected chi connectivity index (χ4v) is 3.57. The first-order valence-corrected chi connectivity index (χ1v) is 8.37. The van der Waals surface area contributed by atoms with Crippen molar-refractivity contribution in [2.24, 2.45) is 5.73 Å². The molecule has 0 aromatic heterocycles. The monoisotopic (exact) mass is 308 g/mol. The highest BCUT2D eigenvalue weighted by Crippen LogP contribution is 2.32. The van der Waals surface area contributed by atoms with Crippen LogP contribution in [0.4, 0.5) is 0 Å². The number of likely N-dealkylation sites (tertiary alicyclic amines) is 1. The summed E-state index contributed by atoms with van der Waals surface area (Å²) < 4.78 is 0. The molecule has 120 valence electrons. The van der Waals surface area contributed by atoms with E-state index in [4.69, 9.17) is 5.73 Å². The van der Waals surface area contributed by atoms with Gasteiger partial charge in [0.25, 0.3) is 0 Å². The number of hydrogen-bond donors (Lipinski definition) is 1. The Morgan fingerprint density at radius 1 is 1.09 bits per heavy atom. The van der Waals surface area contributed by atoms with Gasteiger partial charge in [0.15, 0.2) is 0 Å². The Bertz CT molecular complexity index is 651. The molecule has 2 atom stereocenters. The van der Waals surface area contributed by atoms with Gasteiger partial charge in [-0.15, -0.1) is 0 Å². The van der Waals surface area contributed by atoms with Crippen molar-refractivity contribution in [1.29, 1.82) is 0 Å². The number of nitrogens with two attached hydrogens (primary N) is 1. The average Bonchev–Trinajstić information content (AvgIpc) is 2.62. The molecule has 0 radical (unpaired) electrons. The number of amides is 1. The molecule has 0 aliphatic carbocycles. The molecule has 1 aliphatic heterocycles. The summed E-state index contributed by atoms with van der Waals surface area (Å²) in [5.41, 5.74) is 9.36. The first-order valence-electron chi connectivity index (χ1n) is 8.37. The Balaban J connectivity index is 1.76. The summed E-state index contributed by atoms with van der Waals surface area (Å²) >= 11 is 0. The number of rotatable bonds is 4. The van der Waals surface area contributed by atoms with E-state index in [0.717, 1.165) is 25.9 Å². The molecule has 23 heavy (non-hydrogen) atoms. The molecule has 1 fully saturated rings. The summed E-state index contributed by atoms with van der Waals surface area (Å²) in [5, 5.41) is 0. The minimum atomic E-state index is -0.197. The van der Waals surface area contributed by atoms with Crippen molar-refractivity contribution in [2.75, 3.05) is 13.1 Å². The van der Waals surface area contributed by atoms with Gasteiger partial charge >= 0.3 is 0 Å². The predicted octanol–water partition coefficient (Wildman–Crippen LogP) is 3.41. The summed E-state index contributed by atoms with van der Waals surface area (Å²) in [6.07, 6.45) is 1.91. The normalized spacial score (nSPS) is 22.0. The van der Waals surface area contributed by atoms with Crippen molar-refractivity contribution in [3.8, 4) is 11.1 Å².